The Hall–Kier alpha value is -3.42. The lowest BCUT2D eigenvalue weighted by Gasteiger charge is -2.13. The van der Waals surface area contributed by atoms with Crippen LogP contribution in [0.5, 0.6) is 5.75 Å². The summed E-state index contributed by atoms with van der Waals surface area (Å²) in [4.78, 5) is 0. The summed E-state index contributed by atoms with van der Waals surface area (Å²) in [6.07, 6.45) is 3.36. The van der Waals surface area contributed by atoms with Gasteiger partial charge < -0.3 is 10.1 Å². The van der Waals surface area contributed by atoms with E-state index in [-0.39, 0.29) is 12.4 Å². The molecule has 0 saturated carbocycles. The second-order valence-corrected chi connectivity index (χ2v) is 5.77. The van der Waals surface area contributed by atoms with Crippen LogP contribution < -0.4 is 10.1 Å². The number of nitrogens with one attached hydrogen (secondary N) is 1. The lowest BCUT2D eigenvalue weighted by atomic mass is 10.1. The Morgan fingerprint density at radius 2 is 2.08 bits per heavy atom. The monoisotopic (exact) mass is 352 g/mol. The maximum absolute atomic E-state index is 14.1. The van der Waals surface area contributed by atoms with Gasteiger partial charge in [-0.15, -0.1) is 10.2 Å². The summed E-state index contributed by atoms with van der Waals surface area (Å²) in [7, 11) is 3.40. The first-order valence-corrected chi connectivity index (χ1v) is 8.05. The highest BCUT2D eigenvalue weighted by Gasteiger charge is 2.14. The quantitative estimate of drug-likeness (QED) is 0.598. The fourth-order valence-corrected chi connectivity index (χ4v) is 2.97. The summed E-state index contributed by atoms with van der Waals surface area (Å²) < 4.78 is 23.0. The number of halogens is 1. The van der Waals surface area contributed by atoms with Crippen LogP contribution in [0.25, 0.3) is 16.9 Å². The van der Waals surface area contributed by atoms with E-state index in [1.807, 2.05) is 29.6 Å². The number of anilines is 1. The van der Waals surface area contributed by atoms with Gasteiger partial charge in [0.1, 0.15) is 23.7 Å². The van der Waals surface area contributed by atoms with Gasteiger partial charge in [0, 0.05) is 30.9 Å². The van der Waals surface area contributed by atoms with Crippen LogP contribution in [0.4, 0.5) is 10.2 Å². The first-order valence-electron chi connectivity index (χ1n) is 8.05. The number of benzene rings is 1. The maximum Gasteiger partial charge on any atom is 0.171 e. The molecule has 8 heteroatoms. The molecule has 0 aliphatic carbocycles. The number of nitrogens with zero attached hydrogens (tertiary/aromatic N) is 5. The molecule has 4 aromatic rings. The highest BCUT2D eigenvalue weighted by atomic mass is 19.1. The third-order valence-electron chi connectivity index (χ3n) is 4.30. The van der Waals surface area contributed by atoms with E-state index in [9.17, 15) is 4.39 Å². The van der Waals surface area contributed by atoms with Crippen LogP contribution in [0.1, 0.15) is 5.56 Å². The molecule has 132 valence electrons. The molecule has 0 amide bonds. The lowest BCUT2D eigenvalue weighted by Crippen LogP contribution is -2.07. The van der Waals surface area contributed by atoms with Crippen molar-refractivity contribution in [1.29, 1.82) is 0 Å². The van der Waals surface area contributed by atoms with Crippen LogP contribution in [0, 0.1) is 5.82 Å². The van der Waals surface area contributed by atoms with Crippen molar-refractivity contribution >= 4 is 11.5 Å². The van der Waals surface area contributed by atoms with Crippen LogP contribution in [-0.2, 0) is 13.6 Å². The number of hydrogen-bond donors (Lipinski definition) is 1. The molecule has 0 radical (unpaired) electrons. The molecule has 4 rings (SSSR count). The Morgan fingerprint density at radius 1 is 1.19 bits per heavy atom. The zero-order valence-electron chi connectivity index (χ0n) is 14.3. The summed E-state index contributed by atoms with van der Waals surface area (Å²) in [5, 5.41) is 15.7. The minimum atomic E-state index is -0.316. The minimum absolute atomic E-state index is 0.272. The van der Waals surface area contributed by atoms with Crippen LogP contribution in [0.2, 0.25) is 0 Å². The van der Waals surface area contributed by atoms with Gasteiger partial charge in [0.25, 0.3) is 0 Å². The fourth-order valence-electron chi connectivity index (χ4n) is 2.97. The van der Waals surface area contributed by atoms with Crippen molar-refractivity contribution in [1.82, 2.24) is 24.4 Å². The molecule has 0 aliphatic heterocycles. The van der Waals surface area contributed by atoms with Gasteiger partial charge in [0.05, 0.1) is 12.8 Å². The van der Waals surface area contributed by atoms with Crippen molar-refractivity contribution in [3.8, 4) is 17.0 Å². The van der Waals surface area contributed by atoms with E-state index in [1.54, 1.807) is 29.3 Å². The standard InChI is InChI=1S/C18H17FN6O/c1-24-15(8-9-22-24)12-6-7-17(25-11-21-23-18(12)25)20-10-13-14(19)4-3-5-16(13)26-2/h3-9,11,20H,10H2,1-2H3. The predicted molar refractivity (Wildman–Crippen MR) is 95.5 cm³/mol. The largest absolute Gasteiger partial charge is 0.496 e. The number of aryl methyl sites for hydroxylation is 1. The average molecular weight is 352 g/mol. The molecule has 1 aromatic carbocycles. The van der Waals surface area contributed by atoms with E-state index in [0.717, 1.165) is 17.1 Å². The molecule has 3 heterocycles. The molecule has 0 bridgehead atoms. The molecule has 0 unspecified atom stereocenters. The first-order chi connectivity index (χ1) is 12.7. The summed E-state index contributed by atoms with van der Waals surface area (Å²) in [5.74, 6) is 0.939. The number of methoxy groups -OCH3 is 1. The molecule has 0 saturated heterocycles. The van der Waals surface area contributed by atoms with Crippen molar-refractivity contribution < 1.29 is 9.13 Å². The number of rotatable bonds is 5. The average Bonchev–Trinajstić information content (AvgIpc) is 3.29. The Bertz CT molecular complexity index is 1070. The third-order valence-corrected chi connectivity index (χ3v) is 4.30. The van der Waals surface area contributed by atoms with Crippen molar-refractivity contribution in [2.45, 2.75) is 6.54 Å². The Labute approximate surface area is 149 Å². The number of aromatic nitrogens is 5. The Morgan fingerprint density at radius 3 is 2.85 bits per heavy atom. The molecule has 1 N–H and O–H groups in total. The van der Waals surface area contributed by atoms with Gasteiger partial charge in [-0.1, -0.05) is 6.07 Å². The fraction of sp³-hybridized carbons (Fsp3) is 0.167. The van der Waals surface area contributed by atoms with Crippen LogP contribution in [-0.4, -0.2) is 31.5 Å². The second-order valence-electron chi connectivity index (χ2n) is 5.77. The highest BCUT2D eigenvalue weighted by molar-refractivity contribution is 5.77. The summed E-state index contributed by atoms with van der Waals surface area (Å²) in [6.45, 7) is 0.272. The van der Waals surface area contributed by atoms with E-state index in [1.165, 1.54) is 13.2 Å². The molecular formula is C18H17FN6O. The van der Waals surface area contributed by atoms with E-state index >= 15 is 0 Å². The van der Waals surface area contributed by atoms with Gasteiger partial charge >= 0.3 is 0 Å². The molecule has 7 nitrogen and oxygen atoms in total. The van der Waals surface area contributed by atoms with Crippen molar-refractivity contribution in [2.75, 3.05) is 12.4 Å². The Balaban J connectivity index is 1.69. The zero-order valence-corrected chi connectivity index (χ0v) is 14.3. The topological polar surface area (TPSA) is 69.3 Å². The summed E-state index contributed by atoms with van der Waals surface area (Å²) in [5.41, 5.74) is 3.01. The molecule has 0 atom stereocenters. The van der Waals surface area contributed by atoms with Gasteiger partial charge in [-0.05, 0) is 30.3 Å². The molecule has 3 aromatic heterocycles. The normalized spacial score (nSPS) is 11.0. The van der Waals surface area contributed by atoms with Gasteiger partial charge in [0.2, 0.25) is 0 Å². The molecule has 26 heavy (non-hydrogen) atoms. The van der Waals surface area contributed by atoms with E-state index in [2.05, 4.69) is 20.6 Å². The second kappa shape index (κ2) is 6.47. The summed E-state index contributed by atoms with van der Waals surface area (Å²) in [6, 6.07) is 10.5. The zero-order chi connectivity index (χ0) is 18.1. The number of fused-ring (bicyclic) bond motifs is 1. The number of pyridine rings is 1. The van der Waals surface area contributed by atoms with Gasteiger partial charge in [0.15, 0.2) is 5.65 Å². The summed E-state index contributed by atoms with van der Waals surface area (Å²) >= 11 is 0. The van der Waals surface area contributed by atoms with Gasteiger partial charge in [-0.2, -0.15) is 5.10 Å². The number of hydrogen-bond acceptors (Lipinski definition) is 5. The van der Waals surface area contributed by atoms with E-state index in [4.69, 9.17) is 4.74 Å². The minimum Gasteiger partial charge on any atom is -0.496 e. The van der Waals surface area contributed by atoms with E-state index < -0.39 is 0 Å². The van der Waals surface area contributed by atoms with Crippen molar-refractivity contribution in [2.24, 2.45) is 7.05 Å². The van der Waals surface area contributed by atoms with Crippen molar-refractivity contribution in [3.63, 3.8) is 0 Å². The predicted octanol–water partition coefficient (Wildman–Crippen LogP) is 2.89. The van der Waals surface area contributed by atoms with Gasteiger partial charge in [-0.3, -0.25) is 9.08 Å². The van der Waals surface area contributed by atoms with Crippen LogP contribution in [0.15, 0.2) is 48.9 Å². The Kier molecular flexibility index (Phi) is 4.00. The smallest absolute Gasteiger partial charge is 0.171 e. The van der Waals surface area contributed by atoms with Crippen LogP contribution in [0.3, 0.4) is 0 Å². The lowest BCUT2D eigenvalue weighted by molar-refractivity contribution is 0.405. The van der Waals surface area contributed by atoms with Gasteiger partial charge in [-0.25, -0.2) is 4.39 Å². The molecular weight excluding hydrogens is 335 g/mol. The number of ether oxygens (including phenoxy) is 1. The third kappa shape index (κ3) is 2.65. The van der Waals surface area contributed by atoms with E-state index in [0.29, 0.717) is 17.0 Å². The first kappa shape index (κ1) is 16.1. The highest BCUT2D eigenvalue weighted by Crippen LogP contribution is 2.27. The molecule has 0 spiro atoms. The van der Waals surface area contributed by atoms with Crippen LogP contribution >= 0.6 is 0 Å². The van der Waals surface area contributed by atoms with Crippen molar-refractivity contribution in [3.05, 3.63) is 60.3 Å². The molecule has 0 aliphatic rings. The molecule has 0 fully saturated rings. The maximum atomic E-state index is 14.1. The SMILES string of the molecule is COc1cccc(F)c1CNc1ccc(-c2ccnn2C)c2nncn12.